The molecular formula is C44H37NS. The van der Waals surface area contributed by atoms with Crippen LogP contribution in [0.2, 0.25) is 0 Å². The Morgan fingerprint density at radius 3 is 2.04 bits per heavy atom. The van der Waals surface area contributed by atoms with Gasteiger partial charge in [-0.25, -0.2) is 0 Å². The second kappa shape index (κ2) is 13.4. The number of thiophene rings is 1. The molecule has 0 unspecified atom stereocenters. The molecule has 6 aromatic carbocycles. The van der Waals surface area contributed by atoms with E-state index >= 15 is 0 Å². The third-order valence-corrected chi connectivity index (χ3v) is 9.85. The van der Waals surface area contributed by atoms with Crippen molar-refractivity contribution in [3.05, 3.63) is 169 Å². The highest BCUT2D eigenvalue weighted by Gasteiger charge is 2.21. The Kier molecular flexibility index (Phi) is 8.63. The molecule has 0 N–H and O–H groups in total. The van der Waals surface area contributed by atoms with E-state index in [0.717, 1.165) is 30.6 Å². The fraction of sp³-hybridized carbons (Fsp3) is 0.0909. The number of rotatable bonds is 10. The first-order chi connectivity index (χ1) is 22.7. The lowest BCUT2D eigenvalue weighted by Gasteiger charge is -2.27. The number of unbranched alkanes of at least 4 members (excludes halogenated alkanes) is 1. The second-order valence-corrected chi connectivity index (χ2v) is 12.7. The van der Waals surface area contributed by atoms with Crippen molar-refractivity contribution < 1.29 is 0 Å². The normalized spacial score (nSPS) is 11.4. The minimum atomic E-state index is 1.05. The Bertz CT molecular complexity index is 2130. The molecule has 0 fully saturated rings. The SMILES string of the molecule is C=C/C=C\c1sc2cccc(N(c3ccc(-c4ccccc4)cc3)c3ccc(-c4cccc5ccccc45)cc3)c2c1CCCC. The second-order valence-electron chi connectivity index (χ2n) is 11.6. The highest BCUT2D eigenvalue weighted by Crippen LogP contribution is 2.45. The molecular weight excluding hydrogens is 575 g/mol. The lowest BCUT2D eigenvalue weighted by atomic mass is 9.97. The van der Waals surface area contributed by atoms with E-state index in [9.17, 15) is 0 Å². The number of fused-ring (bicyclic) bond motifs is 2. The van der Waals surface area contributed by atoms with Gasteiger partial charge in [-0.1, -0.05) is 135 Å². The minimum absolute atomic E-state index is 1.05. The average Bonchev–Trinajstić information content (AvgIpc) is 3.48. The maximum atomic E-state index is 3.93. The van der Waals surface area contributed by atoms with Crippen molar-refractivity contribution in [3.63, 3.8) is 0 Å². The summed E-state index contributed by atoms with van der Waals surface area (Å²) in [5, 5.41) is 3.87. The molecule has 2 heteroatoms. The zero-order chi connectivity index (χ0) is 31.3. The molecule has 0 amide bonds. The summed E-state index contributed by atoms with van der Waals surface area (Å²) in [5.41, 5.74) is 9.82. The summed E-state index contributed by atoms with van der Waals surface area (Å²) in [6.45, 7) is 6.20. The van der Waals surface area contributed by atoms with Gasteiger partial charge in [-0.2, -0.15) is 0 Å². The molecule has 0 radical (unpaired) electrons. The van der Waals surface area contributed by atoms with E-state index in [1.54, 1.807) is 0 Å². The van der Waals surface area contributed by atoms with Gasteiger partial charge in [-0.3, -0.25) is 0 Å². The molecule has 7 aromatic rings. The standard InChI is InChI=1S/C44H37NS/c1-3-5-18-40-42(22-6-4-2)46-43-23-13-21-41(44(40)43)45(36-28-24-33(25-29-36)32-14-8-7-9-15-32)37-30-26-35(27-31-37)39-20-12-17-34-16-10-11-19-38(34)39/h4,6-17,19-31H,2-3,5,18H2,1H3/b22-6-. The molecule has 0 saturated heterocycles. The molecule has 1 aromatic heterocycles. The summed E-state index contributed by atoms with van der Waals surface area (Å²) in [6.07, 6.45) is 9.51. The monoisotopic (exact) mass is 611 g/mol. The van der Waals surface area contributed by atoms with Gasteiger partial charge in [0.05, 0.1) is 5.69 Å². The number of benzene rings is 6. The molecule has 224 valence electrons. The number of hydrogen-bond donors (Lipinski definition) is 0. The van der Waals surface area contributed by atoms with Gasteiger partial charge in [0.25, 0.3) is 0 Å². The van der Waals surface area contributed by atoms with Crippen molar-refractivity contribution in [2.45, 2.75) is 26.2 Å². The van der Waals surface area contributed by atoms with Crippen LogP contribution in [-0.4, -0.2) is 0 Å². The predicted molar refractivity (Wildman–Crippen MR) is 203 cm³/mol. The van der Waals surface area contributed by atoms with Gasteiger partial charge in [-0.15, -0.1) is 11.3 Å². The van der Waals surface area contributed by atoms with Crippen molar-refractivity contribution in [1.29, 1.82) is 0 Å². The summed E-state index contributed by atoms with van der Waals surface area (Å²) in [6, 6.07) is 50.6. The van der Waals surface area contributed by atoms with Crippen LogP contribution in [0.25, 0.3) is 49.2 Å². The van der Waals surface area contributed by atoms with Gasteiger partial charge in [0, 0.05) is 26.3 Å². The van der Waals surface area contributed by atoms with Gasteiger partial charge in [0.15, 0.2) is 0 Å². The molecule has 1 heterocycles. The molecule has 0 atom stereocenters. The van der Waals surface area contributed by atoms with E-state index in [1.807, 2.05) is 17.4 Å². The Balaban J connectivity index is 1.39. The quantitative estimate of drug-likeness (QED) is 0.139. The smallest absolute Gasteiger partial charge is 0.0551 e. The lowest BCUT2D eigenvalue weighted by molar-refractivity contribution is 0.800. The Labute approximate surface area is 276 Å². The molecule has 0 spiro atoms. The highest BCUT2D eigenvalue weighted by atomic mass is 32.1. The molecule has 0 aliphatic carbocycles. The van der Waals surface area contributed by atoms with Crippen molar-refractivity contribution in [1.82, 2.24) is 0 Å². The molecule has 0 aliphatic heterocycles. The summed E-state index contributed by atoms with van der Waals surface area (Å²) in [7, 11) is 0. The first-order valence-corrected chi connectivity index (χ1v) is 16.9. The third kappa shape index (κ3) is 5.80. The maximum absolute atomic E-state index is 3.93. The summed E-state index contributed by atoms with van der Waals surface area (Å²) in [5.74, 6) is 0. The van der Waals surface area contributed by atoms with Crippen LogP contribution >= 0.6 is 11.3 Å². The summed E-state index contributed by atoms with van der Waals surface area (Å²) < 4.78 is 1.31. The van der Waals surface area contributed by atoms with E-state index in [-0.39, 0.29) is 0 Å². The van der Waals surface area contributed by atoms with Crippen LogP contribution < -0.4 is 4.90 Å². The maximum Gasteiger partial charge on any atom is 0.0551 e. The van der Waals surface area contributed by atoms with Crippen molar-refractivity contribution in [3.8, 4) is 22.3 Å². The van der Waals surface area contributed by atoms with Crippen LogP contribution in [0.15, 0.2) is 158 Å². The number of hydrogen-bond acceptors (Lipinski definition) is 2. The first kappa shape index (κ1) is 29.5. The topological polar surface area (TPSA) is 3.24 Å². The molecule has 0 aliphatic rings. The number of nitrogens with zero attached hydrogens (tertiary/aromatic N) is 1. The molecule has 0 bridgehead atoms. The molecule has 1 nitrogen and oxygen atoms in total. The first-order valence-electron chi connectivity index (χ1n) is 16.1. The fourth-order valence-electron chi connectivity index (χ4n) is 6.42. The minimum Gasteiger partial charge on any atom is -0.310 e. The number of anilines is 3. The average molecular weight is 612 g/mol. The van der Waals surface area contributed by atoms with Crippen molar-refractivity contribution in [2.75, 3.05) is 4.90 Å². The number of aryl methyl sites for hydroxylation is 1. The zero-order valence-corrected chi connectivity index (χ0v) is 27.0. The van der Waals surface area contributed by atoms with E-state index < -0.39 is 0 Å². The molecule has 7 rings (SSSR count). The molecule has 0 saturated carbocycles. The molecule has 46 heavy (non-hydrogen) atoms. The van der Waals surface area contributed by atoms with E-state index in [0.29, 0.717) is 0 Å². The Hall–Kier alpha value is -5.18. The van der Waals surface area contributed by atoms with Crippen molar-refractivity contribution >= 4 is 55.3 Å². The number of allylic oxidation sites excluding steroid dienone is 2. The van der Waals surface area contributed by atoms with Gasteiger partial charge >= 0.3 is 0 Å². The van der Waals surface area contributed by atoms with Gasteiger partial charge in [0.1, 0.15) is 0 Å². The zero-order valence-electron chi connectivity index (χ0n) is 26.2. The van der Waals surface area contributed by atoms with Crippen molar-refractivity contribution in [2.24, 2.45) is 0 Å². The van der Waals surface area contributed by atoms with E-state index in [4.69, 9.17) is 0 Å². The fourth-order valence-corrected chi connectivity index (χ4v) is 7.60. The Morgan fingerprint density at radius 2 is 1.30 bits per heavy atom. The summed E-state index contributed by atoms with van der Waals surface area (Å²) >= 11 is 1.88. The van der Waals surface area contributed by atoms with Gasteiger partial charge < -0.3 is 4.90 Å². The third-order valence-electron chi connectivity index (χ3n) is 8.69. The van der Waals surface area contributed by atoms with Crippen LogP contribution in [0, 0.1) is 0 Å². The summed E-state index contributed by atoms with van der Waals surface area (Å²) in [4.78, 5) is 3.76. The van der Waals surface area contributed by atoms with Crippen LogP contribution in [0.5, 0.6) is 0 Å². The van der Waals surface area contributed by atoms with E-state index in [2.05, 4.69) is 170 Å². The Morgan fingerprint density at radius 1 is 0.652 bits per heavy atom. The predicted octanol–water partition coefficient (Wildman–Crippen LogP) is 13.4. The van der Waals surface area contributed by atoms with Crippen LogP contribution in [0.4, 0.5) is 17.1 Å². The van der Waals surface area contributed by atoms with E-state index in [1.165, 1.54) is 59.2 Å². The van der Waals surface area contributed by atoms with Gasteiger partial charge in [0.2, 0.25) is 0 Å². The van der Waals surface area contributed by atoms with Gasteiger partial charge in [-0.05, 0) is 93.9 Å². The van der Waals surface area contributed by atoms with Crippen LogP contribution in [0.1, 0.15) is 30.2 Å². The van der Waals surface area contributed by atoms with Crippen LogP contribution in [-0.2, 0) is 6.42 Å². The van der Waals surface area contributed by atoms with Crippen LogP contribution in [0.3, 0.4) is 0 Å². The largest absolute Gasteiger partial charge is 0.310 e. The lowest BCUT2D eigenvalue weighted by Crippen LogP contribution is -2.10. The highest BCUT2D eigenvalue weighted by molar-refractivity contribution is 7.20.